The van der Waals surface area contributed by atoms with Gasteiger partial charge in [-0.15, -0.1) is 0 Å². The average Bonchev–Trinajstić information content (AvgIpc) is 2.62. The topological polar surface area (TPSA) is 41.5 Å². The number of fused-ring (bicyclic) bond motifs is 1. The van der Waals surface area contributed by atoms with Gasteiger partial charge in [0.1, 0.15) is 17.1 Å². The maximum Gasteiger partial charge on any atom is 0.127 e. The Kier molecular flexibility index (Phi) is 5.46. The minimum atomic E-state index is -0.356. The summed E-state index contributed by atoms with van der Waals surface area (Å²) in [4.78, 5) is 0.794. The van der Waals surface area contributed by atoms with Gasteiger partial charge in [-0.1, -0.05) is 18.3 Å². The molecule has 1 aliphatic heterocycles. The third-order valence-corrected chi connectivity index (χ3v) is 6.49. The number of aromatic hydroxyl groups is 1. The van der Waals surface area contributed by atoms with Crippen LogP contribution in [0.5, 0.6) is 11.5 Å². The highest BCUT2D eigenvalue weighted by molar-refractivity contribution is 7.80. The van der Waals surface area contributed by atoms with Crippen LogP contribution in [0.3, 0.4) is 0 Å². The van der Waals surface area contributed by atoms with Gasteiger partial charge >= 0.3 is 0 Å². The highest BCUT2D eigenvalue weighted by atomic mass is 32.1. The lowest BCUT2D eigenvalue weighted by Crippen LogP contribution is -2.40. The molecule has 1 heterocycles. The van der Waals surface area contributed by atoms with Gasteiger partial charge in [-0.2, -0.15) is 0 Å². The zero-order valence-electron chi connectivity index (χ0n) is 18.0. The lowest BCUT2D eigenvalue weighted by molar-refractivity contribution is 0.0716. The van der Waals surface area contributed by atoms with Crippen LogP contribution in [0.1, 0.15) is 58.7 Å². The van der Waals surface area contributed by atoms with Crippen LogP contribution in [0.15, 0.2) is 12.1 Å². The third-order valence-electron chi connectivity index (χ3n) is 6.24. The van der Waals surface area contributed by atoms with E-state index in [1.807, 2.05) is 20.8 Å². The highest BCUT2D eigenvalue weighted by Gasteiger charge is 2.35. The lowest BCUT2D eigenvalue weighted by atomic mass is 9.85. The molecule has 0 aromatic heterocycles. The summed E-state index contributed by atoms with van der Waals surface area (Å²) >= 11 is 5.70. The minimum absolute atomic E-state index is 0.356. The van der Waals surface area contributed by atoms with E-state index in [2.05, 4.69) is 45.1 Å². The number of benzene rings is 2. The molecule has 2 N–H and O–H groups in total. The van der Waals surface area contributed by atoms with Crippen molar-refractivity contribution < 1.29 is 9.84 Å². The van der Waals surface area contributed by atoms with Gasteiger partial charge in [-0.25, -0.2) is 0 Å². The summed E-state index contributed by atoms with van der Waals surface area (Å²) in [7, 11) is 0. The van der Waals surface area contributed by atoms with Crippen LogP contribution in [-0.4, -0.2) is 15.7 Å². The summed E-state index contributed by atoms with van der Waals surface area (Å²) < 4.78 is 6.51. The number of thiocarbonyl (C=S) groups is 1. The first-order chi connectivity index (χ1) is 13.0. The summed E-state index contributed by atoms with van der Waals surface area (Å²) in [6.07, 6.45) is 2.42. The summed E-state index contributed by atoms with van der Waals surface area (Å²) in [6, 6.07) is 4.35. The van der Waals surface area contributed by atoms with Crippen LogP contribution in [0.4, 0.5) is 5.69 Å². The van der Waals surface area contributed by atoms with Crippen molar-refractivity contribution >= 4 is 22.9 Å². The lowest BCUT2D eigenvalue weighted by Gasteiger charge is -2.38. The van der Waals surface area contributed by atoms with Crippen molar-refractivity contribution in [3.05, 3.63) is 51.1 Å². The highest BCUT2D eigenvalue weighted by Crippen LogP contribution is 2.44. The molecule has 28 heavy (non-hydrogen) atoms. The zero-order chi connectivity index (χ0) is 20.8. The molecule has 150 valence electrons. The van der Waals surface area contributed by atoms with E-state index in [1.165, 1.54) is 16.7 Å². The molecule has 0 amide bonds. The second kappa shape index (κ2) is 7.40. The van der Waals surface area contributed by atoms with Crippen LogP contribution in [-0.2, 0) is 6.42 Å². The minimum Gasteiger partial charge on any atom is -0.507 e. The van der Waals surface area contributed by atoms with E-state index in [0.717, 1.165) is 51.5 Å². The molecule has 1 atom stereocenters. The fourth-order valence-electron chi connectivity index (χ4n) is 4.05. The molecule has 1 unspecified atom stereocenters. The number of rotatable bonds is 3. The first kappa shape index (κ1) is 20.7. The molecule has 4 heteroatoms. The predicted molar refractivity (Wildman–Crippen MR) is 121 cm³/mol. The van der Waals surface area contributed by atoms with Crippen LogP contribution in [0, 0.1) is 41.5 Å². The van der Waals surface area contributed by atoms with Gasteiger partial charge in [-0.3, -0.25) is 0 Å². The molecule has 0 bridgehead atoms. The van der Waals surface area contributed by atoms with Crippen LogP contribution in [0.25, 0.3) is 0 Å². The largest absolute Gasteiger partial charge is 0.507 e. The molecule has 2 aromatic carbocycles. The number of phenols is 1. The van der Waals surface area contributed by atoms with E-state index in [4.69, 9.17) is 17.0 Å². The van der Waals surface area contributed by atoms with Crippen molar-refractivity contribution in [3.8, 4) is 11.5 Å². The second-order valence-electron chi connectivity index (χ2n) is 8.56. The monoisotopic (exact) mass is 397 g/mol. The maximum absolute atomic E-state index is 10.4. The van der Waals surface area contributed by atoms with Gasteiger partial charge in [0, 0.05) is 17.7 Å². The van der Waals surface area contributed by atoms with Gasteiger partial charge in [0.25, 0.3) is 0 Å². The van der Waals surface area contributed by atoms with Gasteiger partial charge < -0.3 is 15.2 Å². The standard InChI is InChI=1S/C24H31NO2S/c1-13-10-15(3)20(11-14(13)2)25-21(28)12-24(7)9-8-19-18(6)22(26)16(4)17(5)23(19)27-24/h10-11,26H,8-9,12H2,1-7H3,(H,25,28). The predicted octanol–water partition coefficient (Wildman–Crippen LogP) is 6.16. The number of nitrogens with one attached hydrogen (secondary N) is 1. The van der Waals surface area contributed by atoms with E-state index >= 15 is 0 Å². The van der Waals surface area contributed by atoms with Gasteiger partial charge in [0.05, 0.1) is 4.99 Å². The molecule has 0 aliphatic carbocycles. The van der Waals surface area contributed by atoms with Crippen molar-refractivity contribution in [2.45, 2.75) is 73.3 Å². The van der Waals surface area contributed by atoms with Crippen LogP contribution >= 0.6 is 12.2 Å². The Hall–Kier alpha value is -2.07. The second-order valence-corrected chi connectivity index (χ2v) is 9.05. The number of aryl methyl sites for hydroxylation is 3. The molecule has 0 radical (unpaired) electrons. The summed E-state index contributed by atoms with van der Waals surface area (Å²) in [5.74, 6) is 1.32. The quantitative estimate of drug-likeness (QED) is 0.609. The summed E-state index contributed by atoms with van der Waals surface area (Å²) in [5, 5.41) is 13.8. The van der Waals surface area contributed by atoms with E-state index in [-0.39, 0.29) is 5.60 Å². The Morgan fingerprint density at radius 1 is 1.04 bits per heavy atom. The molecule has 1 aliphatic rings. The van der Waals surface area contributed by atoms with Gasteiger partial charge in [0.2, 0.25) is 0 Å². The maximum atomic E-state index is 10.4. The fourth-order valence-corrected chi connectivity index (χ4v) is 4.46. The summed E-state index contributed by atoms with van der Waals surface area (Å²) in [5.41, 5.74) is 8.44. The fraction of sp³-hybridized carbons (Fsp3) is 0.458. The zero-order valence-corrected chi connectivity index (χ0v) is 18.9. The Morgan fingerprint density at radius 2 is 1.68 bits per heavy atom. The Labute approximate surface area is 174 Å². The molecule has 0 fully saturated rings. The summed E-state index contributed by atoms with van der Waals surface area (Å²) in [6.45, 7) is 14.4. The van der Waals surface area contributed by atoms with E-state index in [9.17, 15) is 5.11 Å². The van der Waals surface area contributed by atoms with E-state index in [0.29, 0.717) is 12.2 Å². The molecule has 0 saturated heterocycles. The van der Waals surface area contributed by atoms with Crippen LogP contribution < -0.4 is 10.1 Å². The first-order valence-corrected chi connectivity index (χ1v) is 10.3. The molecule has 0 saturated carbocycles. The molecule has 3 rings (SSSR count). The number of ether oxygens (including phenoxy) is 1. The van der Waals surface area contributed by atoms with Crippen molar-refractivity contribution in [1.82, 2.24) is 0 Å². The Morgan fingerprint density at radius 3 is 2.36 bits per heavy atom. The van der Waals surface area contributed by atoms with Gasteiger partial charge in [0.15, 0.2) is 0 Å². The molecule has 2 aromatic rings. The van der Waals surface area contributed by atoms with Crippen molar-refractivity contribution in [1.29, 1.82) is 0 Å². The van der Waals surface area contributed by atoms with Gasteiger partial charge in [-0.05, 0) is 101 Å². The van der Waals surface area contributed by atoms with Crippen molar-refractivity contribution in [2.24, 2.45) is 0 Å². The Bertz CT molecular complexity index is 964. The van der Waals surface area contributed by atoms with E-state index in [1.54, 1.807) is 0 Å². The average molecular weight is 398 g/mol. The molecular weight excluding hydrogens is 366 g/mol. The van der Waals surface area contributed by atoms with E-state index < -0.39 is 0 Å². The first-order valence-electron chi connectivity index (χ1n) is 9.90. The van der Waals surface area contributed by atoms with Crippen molar-refractivity contribution in [3.63, 3.8) is 0 Å². The number of hydrogen-bond donors (Lipinski definition) is 2. The molecular formula is C24H31NO2S. The van der Waals surface area contributed by atoms with Crippen LogP contribution in [0.2, 0.25) is 0 Å². The number of anilines is 1. The normalized spacial score (nSPS) is 18.4. The number of phenolic OH excluding ortho intramolecular Hbond substituents is 1. The number of hydrogen-bond acceptors (Lipinski definition) is 3. The van der Waals surface area contributed by atoms with Crippen molar-refractivity contribution in [2.75, 3.05) is 5.32 Å². The molecule has 0 spiro atoms. The SMILES string of the molecule is Cc1cc(C)c(NC(=S)CC2(C)CCc3c(C)c(O)c(C)c(C)c3O2)cc1C. The molecule has 3 nitrogen and oxygen atoms in total. The Balaban J connectivity index is 1.81. The smallest absolute Gasteiger partial charge is 0.127 e. The third kappa shape index (κ3) is 3.75.